The van der Waals surface area contributed by atoms with Crippen LogP contribution in [0.4, 0.5) is 11.4 Å². The summed E-state index contributed by atoms with van der Waals surface area (Å²) >= 11 is 6.12. The number of carbonyl (C=O) groups excluding carboxylic acids is 3. The lowest BCUT2D eigenvalue weighted by molar-refractivity contribution is -0.117. The number of anilines is 2. The molecule has 0 aliphatic rings. The van der Waals surface area contributed by atoms with E-state index in [2.05, 4.69) is 35.7 Å². The molecule has 0 atom stereocenters. The van der Waals surface area contributed by atoms with Gasteiger partial charge in [-0.1, -0.05) is 12.2 Å². The van der Waals surface area contributed by atoms with Crippen LogP contribution in [0, 0.1) is 10.7 Å². The van der Waals surface area contributed by atoms with Gasteiger partial charge in [-0.15, -0.1) is 13.2 Å². The van der Waals surface area contributed by atoms with Crippen LogP contribution in [0.15, 0.2) is 25.3 Å². The first-order valence-corrected chi connectivity index (χ1v) is 10.6. The smallest absolute Gasteiger partial charge is 0.251 e. The van der Waals surface area contributed by atoms with E-state index in [0.29, 0.717) is 22.1 Å². The van der Waals surface area contributed by atoms with Gasteiger partial charge in [0.15, 0.2) is 0 Å². The van der Waals surface area contributed by atoms with Crippen molar-refractivity contribution in [2.45, 2.75) is 13.8 Å². The van der Waals surface area contributed by atoms with Crippen LogP contribution in [0.1, 0.15) is 24.2 Å². The molecular weight excluding hydrogens is 675 g/mol. The molecule has 0 aromatic heterocycles. The molecule has 26 heavy (non-hydrogen) atoms. The fraction of sp³-hybridized carbons (Fsp3) is 0.235. The van der Waals surface area contributed by atoms with Crippen molar-refractivity contribution in [3.63, 3.8) is 0 Å². The molecule has 6 nitrogen and oxygen atoms in total. The third-order valence-electron chi connectivity index (χ3n) is 3.44. The van der Waals surface area contributed by atoms with Crippen LogP contribution in [0.2, 0.25) is 0 Å². The van der Waals surface area contributed by atoms with Crippen LogP contribution in [-0.4, -0.2) is 30.8 Å². The second-order valence-corrected chi connectivity index (χ2v) is 8.45. The Bertz CT molecular complexity index is 738. The fourth-order valence-electron chi connectivity index (χ4n) is 2.34. The lowest BCUT2D eigenvalue weighted by Gasteiger charge is -2.30. The summed E-state index contributed by atoms with van der Waals surface area (Å²) in [5.41, 5.74) is 6.97. The molecule has 1 rings (SSSR count). The first-order chi connectivity index (χ1) is 12.1. The van der Waals surface area contributed by atoms with Gasteiger partial charge >= 0.3 is 0 Å². The van der Waals surface area contributed by atoms with Gasteiger partial charge in [0.2, 0.25) is 11.8 Å². The molecule has 0 saturated heterocycles. The molecule has 0 heterocycles. The van der Waals surface area contributed by atoms with Crippen molar-refractivity contribution in [1.82, 2.24) is 0 Å². The van der Waals surface area contributed by atoms with E-state index in [0.717, 1.165) is 0 Å². The van der Waals surface area contributed by atoms with Crippen LogP contribution >= 0.6 is 67.8 Å². The van der Waals surface area contributed by atoms with Crippen LogP contribution in [0.3, 0.4) is 0 Å². The average molecular weight is 693 g/mol. The van der Waals surface area contributed by atoms with Gasteiger partial charge in [0, 0.05) is 26.9 Å². The van der Waals surface area contributed by atoms with E-state index < -0.39 is 5.91 Å². The Kier molecular flexibility index (Phi) is 8.99. The summed E-state index contributed by atoms with van der Waals surface area (Å²) < 4.78 is 1.80. The van der Waals surface area contributed by atoms with Gasteiger partial charge in [-0.2, -0.15) is 0 Å². The van der Waals surface area contributed by atoms with Gasteiger partial charge < -0.3 is 15.5 Å². The topological polar surface area (TPSA) is 83.7 Å². The number of rotatable bonds is 7. The predicted octanol–water partition coefficient (Wildman–Crippen LogP) is 3.68. The molecule has 3 amide bonds. The van der Waals surface area contributed by atoms with Crippen molar-refractivity contribution in [1.29, 1.82) is 0 Å². The van der Waals surface area contributed by atoms with Crippen molar-refractivity contribution >= 4 is 96.9 Å². The molecule has 0 aliphatic heterocycles. The second kappa shape index (κ2) is 10.0. The highest BCUT2D eigenvalue weighted by Crippen LogP contribution is 2.42. The van der Waals surface area contributed by atoms with Gasteiger partial charge in [-0.3, -0.25) is 14.4 Å². The Morgan fingerprint density at radius 2 is 1.23 bits per heavy atom. The number of benzene rings is 1. The van der Waals surface area contributed by atoms with Crippen molar-refractivity contribution in [2.75, 3.05) is 22.9 Å². The number of halogens is 3. The van der Waals surface area contributed by atoms with Crippen molar-refractivity contribution < 1.29 is 14.4 Å². The van der Waals surface area contributed by atoms with E-state index in [9.17, 15) is 14.4 Å². The molecule has 0 bridgehead atoms. The zero-order valence-corrected chi connectivity index (χ0v) is 20.8. The van der Waals surface area contributed by atoms with Gasteiger partial charge in [0.05, 0.1) is 27.6 Å². The molecule has 0 unspecified atom stereocenters. The third kappa shape index (κ3) is 4.77. The minimum atomic E-state index is -0.623. The van der Waals surface area contributed by atoms with E-state index in [4.69, 9.17) is 5.73 Å². The van der Waals surface area contributed by atoms with Crippen LogP contribution in [-0.2, 0) is 9.59 Å². The van der Waals surface area contributed by atoms with Crippen LogP contribution in [0.5, 0.6) is 0 Å². The van der Waals surface area contributed by atoms with Gasteiger partial charge in [0.1, 0.15) is 0 Å². The molecule has 1 aromatic carbocycles. The summed E-state index contributed by atoms with van der Waals surface area (Å²) in [6.45, 7) is 10.8. The number of amides is 3. The largest absolute Gasteiger partial charge is 0.366 e. The molecule has 0 radical (unpaired) electrons. The Labute approximate surface area is 193 Å². The molecule has 0 spiro atoms. The van der Waals surface area contributed by atoms with Crippen molar-refractivity contribution in [2.24, 2.45) is 5.73 Å². The molecule has 2 N–H and O–H groups in total. The minimum absolute atomic E-state index is 0.207. The lowest BCUT2D eigenvalue weighted by atomic mass is 10.1. The minimum Gasteiger partial charge on any atom is -0.366 e. The van der Waals surface area contributed by atoms with Crippen LogP contribution < -0.4 is 15.5 Å². The van der Waals surface area contributed by atoms with Gasteiger partial charge in [-0.25, -0.2) is 0 Å². The van der Waals surface area contributed by atoms with E-state index >= 15 is 0 Å². The van der Waals surface area contributed by atoms with E-state index in [-0.39, 0.29) is 30.5 Å². The summed E-state index contributed by atoms with van der Waals surface area (Å²) in [5.74, 6) is -1.04. The van der Waals surface area contributed by atoms with Gasteiger partial charge in [-0.05, 0) is 67.8 Å². The first-order valence-electron chi connectivity index (χ1n) is 7.38. The molecular formula is C17H18I3N3O3. The zero-order chi connectivity index (χ0) is 20.2. The molecule has 0 fully saturated rings. The quantitative estimate of drug-likeness (QED) is 0.350. The maximum absolute atomic E-state index is 12.2. The Hall–Kier alpha value is -0.700. The average Bonchev–Trinajstić information content (AvgIpc) is 2.52. The highest BCUT2D eigenvalue weighted by Gasteiger charge is 2.30. The summed E-state index contributed by atoms with van der Waals surface area (Å²) in [6, 6.07) is 0. The molecule has 0 saturated carbocycles. The molecule has 9 heteroatoms. The van der Waals surface area contributed by atoms with Crippen molar-refractivity contribution in [3.8, 4) is 0 Å². The fourth-order valence-corrected chi connectivity index (χ4v) is 7.20. The second-order valence-electron chi connectivity index (χ2n) is 5.22. The molecule has 0 aliphatic carbocycles. The number of primary amides is 1. The zero-order valence-electron chi connectivity index (χ0n) is 14.3. The third-order valence-corrected chi connectivity index (χ3v) is 6.56. The predicted molar refractivity (Wildman–Crippen MR) is 130 cm³/mol. The monoisotopic (exact) mass is 693 g/mol. The van der Waals surface area contributed by atoms with E-state index in [1.165, 1.54) is 23.6 Å². The molecule has 140 valence electrons. The SMILES string of the molecule is C=CCN(C(C)=O)c1c(I)c(C(N)=O)c(I)c(N(CC=C)C(C)=O)c1I. The Morgan fingerprint density at radius 1 is 0.885 bits per heavy atom. The normalized spacial score (nSPS) is 10.2. The molecule has 1 aromatic rings. The maximum Gasteiger partial charge on any atom is 0.251 e. The number of hydrogen-bond donors (Lipinski definition) is 1. The standard InChI is InChI=1S/C17H18I3N3O3/c1-5-7-22(9(3)24)15-12(18)11(17(21)26)13(19)16(14(15)20)23(8-6-2)10(4)25/h5-6H,1-2,7-8H2,3-4H3,(H2,21,26). The number of nitrogens with zero attached hydrogens (tertiary/aromatic N) is 2. The highest BCUT2D eigenvalue weighted by atomic mass is 127. The Morgan fingerprint density at radius 3 is 1.46 bits per heavy atom. The number of nitrogens with two attached hydrogens (primary N) is 1. The Balaban J connectivity index is 4.00. The maximum atomic E-state index is 12.2. The van der Waals surface area contributed by atoms with Gasteiger partial charge in [0.25, 0.3) is 5.91 Å². The van der Waals surface area contributed by atoms with Crippen LogP contribution in [0.25, 0.3) is 0 Å². The van der Waals surface area contributed by atoms with E-state index in [1.54, 1.807) is 12.2 Å². The van der Waals surface area contributed by atoms with Crippen molar-refractivity contribution in [3.05, 3.63) is 41.6 Å². The number of hydrogen-bond acceptors (Lipinski definition) is 3. The van der Waals surface area contributed by atoms with E-state index in [1.807, 2.05) is 45.2 Å². The highest BCUT2D eigenvalue weighted by molar-refractivity contribution is 14.1. The summed E-state index contributed by atoms with van der Waals surface area (Å²) in [6.07, 6.45) is 3.20. The summed E-state index contributed by atoms with van der Waals surface area (Å²) in [5, 5.41) is 0. The summed E-state index contributed by atoms with van der Waals surface area (Å²) in [7, 11) is 0. The summed E-state index contributed by atoms with van der Waals surface area (Å²) in [4.78, 5) is 39.5. The lowest BCUT2D eigenvalue weighted by Crippen LogP contribution is -2.35. The first kappa shape index (κ1) is 23.3. The number of carbonyl (C=O) groups is 3.